The molecule has 1 fully saturated rings. The second-order valence-corrected chi connectivity index (χ2v) is 3.92. The first kappa shape index (κ1) is 12.5. The van der Waals surface area contributed by atoms with Crippen molar-refractivity contribution < 1.29 is 14.3 Å². The smallest absolute Gasteiger partial charge is 0.331 e. The molecule has 1 rings (SSSR count). The molecule has 0 radical (unpaired) electrons. The third-order valence-electron chi connectivity index (χ3n) is 2.83. The lowest BCUT2D eigenvalue weighted by Crippen LogP contribution is -2.35. The molecule has 0 unspecified atom stereocenters. The third kappa shape index (κ3) is 4.62. The van der Waals surface area contributed by atoms with Crippen molar-refractivity contribution in [2.24, 2.45) is 0 Å². The van der Waals surface area contributed by atoms with Gasteiger partial charge in [0.05, 0.1) is 13.2 Å². The molecule has 0 bridgehead atoms. The summed E-state index contributed by atoms with van der Waals surface area (Å²) in [6.45, 7) is 3.24. The molecule has 0 aromatic heterocycles. The van der Waals surface area contributed by atoms with E-state index in [9.17, 15) is 4.79 Å². The molecule has 0 spiro atoms. The van der Waals surface area contributed by atoms with E-state index in [-0.39, 0.29) is 18.7 Å². The summed E-state index contributed by atoms with van der Waals surface area (Å²) in [5, 5.41) is 3.43. The fraction of sp³-hybridized carbons (Fsp3) is 0.909. The van der Waals surface area contributed by atoms with E-state index in [2.05, 4.69) is 17.0 Å². The molecule has 88 valence electrons. The van der Waals surface area contributed by atoms with Crippen LogP contribution in [0.1, 0.15) is 32.6 Å². The first-order valence-corrected chi connectivity index (χ1v) is 5.68. The lowest BCUT2D eigenvalue weighted by molar-refractivity contribution is -0.148. The van der Waals surface area contributed by atoms with Crippen LogP contribution in [0, 0.1) is 0 Å². The maximum atomic E-state index is 10.9. The molecular formula is C11H21NO3. The van der Waals surface area contributed by atoms with Gasteiger partial charge in [0, 0.05) is 6.04 Å². The molecule has 0 aromatic carbocycles. The molecule has 0 atom stereocenters. The Morgan fingerprint density at radius 3 is 2.53 bits per heavy atom. The van der Waals surface area contributed by atoms with E-state index in [0.29, 0.717) is 6.04 Å². The lowest BCUT2D eigenvalue weighted by Gasteiger charge is -2.28. The maximum Gasteiger partial charge on any atom is 0.331 e. The topological polar surface area (TPSA) is 47.6 Å². The number of carbonyl (C=O) groups excluding carboxylic acids is 1. The molecule has 0 amide bonds. The van der Waals surface area contributed by atoms with E-state index in [1.165, 1.54) is 7.11 Å². The minimum Gasteiger partial charge on any atom is -0.467 e. The van der Waals surface area contributed by atoms with Gasteiger partial charge in [-0.15, -0.1) is 0 Å². The van der Waals surface area contributed by atoms with Crippen LogP contribution in [-0.4, -0.2) is 38.4 Å². The maximum absolute atomic E-state index is 10.9. The van der Waals surface area contributed by atoms with Crippen LogP contribution in [0.15, 0.2) is 0 Å². The third-order valence-corrected chi connectivity index (χ3v) is 2.83. The number of nitrogens with one attached hydrogen (secondary N) is 1. The van der Waals surface area contributed by atoms with Crippen molar-refractivity contribution >= 4 is 5.97 Å². The van der Waals surface area contributed by atoms with E-state index in [1.54, 1.807) is 0 Å². The van der Waals surface area contributed by atoms with Gasteiger partial charge in [0.15, 0.2) is 0 Å². The van der Waals surface area contributed by atoms with Crippen molar-refractivity contribution in [3.8, 4) is 0 Å². The summed E-state index contributed by atoms with van der Waals surface area (Å²) in [7, 11) is 1.38. The summed E-state index contributed by atoms with van der Waals surface area (Å²) in [6, 6.07) is 0.632. The molecular weight excluding hydrogens is 194 g/mol. The van der Waals surface area contributed by atoms with Gasteiger partial charge in [0.1, 0.15) is 6.61 Å². The predicted molar refractivity (Wildman–Crippen MR) is 57.7 cm³/mol. The van der Waals surface area contributed by atoms with Crippen molar-refractivity contribution in [3.05, 3.63) is 0 Å². The molecule has 4 heteroatoms. The Morgan fingerprint density at radius 2 is 2.00 bits per heavy atom. The first-order chi connectivity index (χ1) is 7.26. The van der Waals surface area contributed by atoms with Gasteiger partial charge in [-0.2, -0.15) is 0 Å². The average Bonchev–Trinajstić information content (AvgIpc) is 2.28. The monoisotopic (exact) mass is 215 g/mol. The summed E-state index contributed by atoms with van der Waals surface area (Å²) in [5.41, 5.74) is 0. The Labute approximate surface area is 91.3 Å². The van der Waals surface area contributed by atoms with E-state index in [0.717, 1.165) is 32.2 Å². The summed E-state index contributed by atoms with van der Waals surface area (Å²) >= 11 is 0. The van der Waals surface area contributed by atoms with Crippen LogP contribution in [0.5, 0.6) is 0 Å². The van der Waals surface area contributed by atoms with Gasteiger partial charge in [0.2, 0.25) is 0 Å². The minimum atomic E-state index is -0.288. The van der Waals surface area contributed by atoms with E-state index in [4.69, 9.17) is 4.74 Å². The van der Waals surface area contributed by atoms with Crippen LogP contribution in [0.3, 0.4) is 0 Å². The van der Waals surface area contributed by atoms with Gasteiger partial charge in [-0.25, -0.2) is 4.79 Å². The van der Waals surface area contributed by atoms with Crippen LogP contribution < -0.4 is 5.32 Å². The Balaban J connectivity index is 2.12. The second-order valence-electron chi connectivity index (χ2n) is 3.92. The molecule has 0 saturated heterocycles. The standard InChI is InChI=1S/C11H21NO3/c1-3-12-9-4-6-10(7-5-9)15-8-11(13)14-2/h9-10,12H,3-8H2,1-2H3. The van der Waals surface area contributed by atoms with Crippen molar-refractivity contribution in [1.29, 1.82) is 0 Å². The predicted octanol–water partition coefficient (Wildman–Crippen LogP) is 1.10. The van der Waals surface area contributed by atoms with Crippen molar-refractivity contribution in [3.63, 3.8) is 0 Å². The highest BCUT2D eigenvalue weighted by molar-refractivity contribution is 5.70. The fourth-order valence-electron chi connectivity index (χ4n) is 1.97. The molecule has 0 aromatic rings. The zero-order valence-electron chi connectivity index (χ0n) is 9.62. The van der Waals surface area contributed by atoms with Gasteiger partial charge in [0.25, 0.3) is 0 Å². The summed E-state index contributed by atoms with van der Waals surface area (Å²) < 4.78 is 9.98. The zero-order chi connectivity index (χ0) is 11.1. The highest BCUT2D eigenvalue weighted by atomic mass is 16.6. The molecule has 4 nitrogen and oxygen atoms in total. The highest BCUT2D eigenvalue weighted by Gasteiger charge is 2.21. The number of carbonyl (C=O) groups is 1. The Hall–Kier alpha value is -0.610. The number of ether oxygens (including phenoxy) is 2. The SMILES string of the molecule is CCNC1CCC(OCC(=O)OC)CC1. The number of rotatable bonds is 5. The van der Waals surface area contributed by atoms with E-state index >= 15 is 0 Å². The van der Waals surface area contributed by atoms with Crippen molar-refractivity contribution in [2.75, 3.05) is 20.3 Å². The molecule has 1 saturated carbocycles. The molecule has 1 aliphatic carbocycles. The Bertz CT molecular complexity index is 188. The van der Waals surface area contributed by atoms with Crippen LogP contribution in [0.25, 0.3) is 0 Å². The largest absolute Gasteiger partial charge is 0.467 e. The van der Waals surface area contributed by atoms with Crippen LogP contribution in [0.2, 0.25) is 0 Å². The van der Waals surface area contributed by atoms with Crippen LogP contribution in [0.4, 0.5) is 0 Å². The van der Waals surface area contributed by atoms with E-state index in [1.807, 2.05) is 0 Å². The molecule has 1 N–H and O–H groups in total. The highest BCUT2D eigenvalue weighted by Crippen LogP contribution is 2.20. The fourth-order valence-corrected chi connectivity index (χ4v) is 1.97. The van der Waals surface area contributed by atoms with E-state index < -0.39 is 0 Å². The number of methoxy groups -OCH3 is 1. The lowest BCUT2D eigenvalue weighted by atomic mass is 9.93. The summed E-state index contributed by atoms with van der Waals surface area (Å²) in [6.07, 6.45) is 4.59. The normalized spacial score (nSPS) is 26.3. The Morgan fingerprint density at radius 1 is 1.33 bits per heavy atom. The summed E-state index contributed by atoms with van der Waals surface area (Å²) in [5.74, 6) is -0.288. The average molecular weight is 215 g/mol. The zero-order valence-corrected chi connectivity index (χ0v) is 9.62. The van der Waals surface area contributed by atoms with Crippen LogP contribution >= 0.6 is 0 Å². The molecule has 0 aliphatic heterocycles. The van der Waals surface area contributed by atoms with Gasteiger partial charge < -0.3 is 14.8 Å². The second kappa shape index (κ2) is 6.80. The van der Waals surface area contributed by atoms with Gasteiger partial charge in [-0.05, 0) is 32.2 Å². The van der Waals surface area contributed by atoms with Crippen LogP contribution in [-0.2, 0) is 14.3 Å². The van der Waals surface area contributed by atoms with Crippen molar-refractivity contribution in [1.82, 2.24) is 5.32 Å². The quantitative estimate of drug-likeness (QED) is 0.698. The number of esters is 1. The molecule has 0 heterocycles. The summed E-state index contributed by atoms with van der Waals surface area (Å²) in [4.78, 5) is 10.9. The minimum absolute atomic E-state index is 0.0903. The number of hydrogen-bond acceptors (Lipinski definition) is 4. The van der Waals surface area contributed by atoms with Gasteiger partial charge in [-0.3, -0.25) is 0 Å². The molecule has 1 aliphatic rings. The first-order valence-electron chi connectivity index (χ1n) is 5.68. The Kier molecular flexibility index (Phi) is 5.65. The van der Waals surface area contributed by atoms with Crippen molar-refractivity contribution in [2.45, 2.75) is 44.8 Å². The molecule has 15 heavy (non-hydrogen) atoms. The number of hydrogen-bond donors (Lipinski definition) is 1. The van der Waals surface area contributed by atoms with Gasteiger partial charge >= 0.3 is 5.97 Å². The van der Waals surface area contributed by atoms with Gasteiger partial charge in [-0.1, -0.05) is 6.92 Å².